The third-order valence-electron chi connectivity index (χ3n) is 5.59. The minimum atomic E-state index is -1.10. The summed E-state index contributed by atoms with van der Waals surface area (Å²) in [4.78, 5) is 12.4. The van der Waals surface area contributed by atoms with Gasteiger partial charge in [-0.05, 0) is 72.9 Å². The monoisotopic (exact) mass is 450 g/mol. The minimum absolute atomic E-state index is 0.217. The summed E-state index contributed by atoms with van der Waals surface area (Å²) >= 11 is 6.14. The van der Waals surface area contributed by atoms with Crippen LogP contribution in [0.4, 0.5) is 0 Å². The molecule has 0 fully saturated rings. The van der Waals surface area contributed by atoms with Crippen LogP contribution in [0.2, 0.25) is 5.02 Å². The molecule has 0 amide bonds. The number of hydrogen-bond acceptors (Lipinski definition) is 4. The van der Waals surface area contributed by atoms with Gasteiger partial charge in [0, 0.05) is 29.3 Å². The van der Waals surface area contributed by atoms with E-state index in [1.165, 1.54) is 5.56 Å². The highest BCUT2D eigenvalue weighted by molar-refractivity contribution is 6.30. The molecule has 1 unspecified atom stereocenters. The van der Waals surface area contributed by atoms with Gasteiger partial charge in [0.2, 0.25) is 0 Å². The second-order valence-electron chi connectivity index (χ2n) is 9.17. The molecule has 0 saturated carbocycles. The van der Waals surface area contributed by atoms with E-state index in [2.05, 4.69) is 34.8 Å². The Labute approximate surface area is 193 Å². The molecule has 4 rings (SSSR count). The maximum Gasteiger partial charge on any atom is 0.337 e. The maximum atomic E-state index is 12.4. The van der Waals surface area contributed by atoms with Gasteiger partial charge in [-0.15, -0.1) is 0 Å². The second kappa shape index (κ2) is 8.57. The van der Waals surface area contributed by atoms with Crippen LogP contribution in [0.15, 0.2) is 53.6 Å². The molecule has 0 aromatic heterocycles. The number of aliphatic carboxylic acids is 1. The standard InChI is InChI=1S/C26H27ClN2O3/c1-15-11-18-12-17(19-13-28-29-14-19)7-10-21(18)23(16-5-8-20(27)9-6-16)22(15)24(25(30)31)32-26(2,3)4/h5-13,19,24,29H,14H2,1-4H3,(H,30,31)/t19?,24-/m0/s1. The Kier molecular flexibility index (Phi) is 5.97. The van der Waals surface area contributed by atoms with Gasteiger partial charge in [0.25, 0.3) is 0 Å². The first-order valence-electron chi connectivity index (χ1n) is 10.6. The van der Waals surface area contributed by atoms with E-state index in [0.717, 1.165) is 34.0 Å². The van der Waals surface area contributed by atoms with Crippen LogP contribution >= 0.6 is 11.6 Å². The predicted molar refractivity (Wildman–Crippen MR) is 130 cm³/mol. The van der Waals surface area contributed by atoms with Gasteiger partial charge in [-0.25, -0.2) is 4.79 Å². The van der Waals surface area contributed by atoms with E-state index in [0.29, 0.717) is 10.6 Å². The fourth-order valence-electron chi connectivity index (χ4n) is 4.21. The number of carboxylic acid groups (broad SMARTS) is 1. The molecule has 32 heavy (non-hydrogen) atoms. The van der Waals surface area contributed by atoms with Crippen molar-refractivity contribution in [2.45, 2.75) is 45.3 Å². The number of fused-ring (bicyclic) bond motifs is 1. The number of hydrazone groups is 1. The Hall–Kier alpha value is -2.89. The Morgan fingerprint density at radius 2 is 1.91 bits per heavy atom. The predicted octanol–water partition coefficient (Wildman–Crippen LogP) is 6.08. The van der Waals surface area contributed by atoms with Gasteiger partial charge in [-0.2, -0.15) is 5.10 Å². The molecule has 2 atom stereocenters. The van der Waals surface area contributed by atoms with Crippen LogP contribution in [0.3, 0.4) is 0 Å². The number of ether oxygens (including phenoxy) is 1. The van der Waals surface area contributed by atoms with E-state index in [-0.39, 0.29) is 5.92 Å². The molecule has 166 valence electrons. The first-order chi connectivity index (χ1) is 15.1. The molecule has 0 radical (unpaired) electrons. The van der Waals surface area contributed by atoms with Gasteiger partial charge < -0.3 is 15.3 Å². The van der Waals surface area contributed by atoms with E-state index in [1.807, 2.05) is 58.2 Å². The fraction of sp³-hybridized carbons (Fsp3) is 0.308. The normalized spacial score (nSPS) is 16.8. The Balaban J connectivity index is 1.99. The fourth-order valence-corrected chi connectivity index (χ4v) is 4.34. The van der Waals surface area contributed by atoms with E-state index in [1.54, 1.807) is 0 Å². The minimum Gasteiger partial charge on any atom is -0.479 e. The van der Waals surface area contributed by atoms with Gasteiger partial charge in [0.1, 0.15) is 0 Å². The zero-order valence-corrected chi connectivity index (χ0v) is 19.4. The average molecular weight is 451 g/mol. The zero-order valence-electron chi connectivity index (χ0n) is 18.6. The smallest absolute Gasteiger partial charge is 0.337 e. The third kappa shape index (κ3) is 4.50. The topological polar surface area (TPSA) is 70.9 Å². The highest BCUT2D eigenvalue weighted by atomic mass is 35.5. The van der Waals surface area contributed by atoms with Crippen LogP contribution < -0.4 is 5.43 Å². The van der Waals surface area contributed by atoms with Gasteiger partial charge in [-0.3, -0.25) is 0 Å². The number of halogens is 1. The van der Waals surface area contributed by atoms with Crippen molar-refractivity contribution >= 4 is 34.6 Å². The number of rotatable bonds is 5. The summed E-state index contributed by atoms with van der Waals surface area (Å²) < 4.78 is 6.05. The van der Waals surface area contributed by atoms with Crippen LogP contribution in [-0.4, -0.2) is 29.4 Å². The number of nitrogens with one attached hydrogen (secondary N) is 1. The molecule has 6 heteroatoms. The molecule has 1 heterocycles. The summed E-state index contributed by atoms with van der Waals surface area (Å²) in [7, 11) is 0. The molecular formula is C26H27ClN2O3. The van der Waals surface area contributed by atoms with E-state index >= 15 is 0 Å². The van der Waals surface area contributed by atoms with Crippen molar-refractivity contribution in [1.29, 1.82) is 0 Å². The van der Waals surface area contributed by atoms with Crippen molar-refractivity contribution in [3.05, 3.63) is 70.2 Å². The molecule has 0 saturated heterocycles. The molecule has 3 aromatic rings. The molecule has 2 N–H and O–H groups in total. The first-order valence-corrected chi connectivity index (χ1v) is 11.0. The molecule has 5 nitrogen and oxygen atoms in total. The summed E-state index contributed by atoms with van der Waals surface area (Å²) in [6, 6.07) is 15.9. The number of nitrogens with zero attached hydrogens (tertiary/aromatic N) is 1. The average Bonchev–Trinajstić information content (AvgIpc) is 3.26. The van der Waals surface area contributed by atoms with E-state index in [9.17, 15) is 9.90 Å². The van der Waals surface area contributed by atoms with Gasteiger partial charge in [0.15, 0.2) is 6.10 Å². The van der Waals surface area contributed by atoms with Crippen LogP contribution in [0.1, 0.15) is 49.5 Å². The molecular weight excluding hydrogens is 424 g/mol. The first kappa shape index (κ1) is 22.3. The van der Waals surface area contributed by atoms with Crippen molar-refractivity contribution in [2.24, 2.45) is 5.10 Å². The lowest BCUT2D eigenvalue weighted by Crippen LogP contribution is -2.28. The maximum absolute atomic E-state index is 12.4. The number of benzene rings is 3. The second-order valence-corrected chi connectivity index (χ2v) is 9.60. The van der Waals surface area contributed by atoms with Crippen LogP contribution in [0.5, 0.6) is 0 Å². The summed E-state index contributed by atoms with van der Waals surface area (Å²) in [5.41, 5.74) is 6.85. The van der Waals surface area contributed by atoms with Crippen LogP contribution in [0, 0.1) is 6.92 Å². The summed E-state index contributed by atoms with van der Waals surface area (Å²) in [5.74, 6) is -0.795. The van der Waals surface area contributed by atoms with E-state index < -0.39 is 17.7 Å². The lowest BCUT2D eigenvalue weighted by atomic mass is 9.86. The summed E-state index contributed by atoms with van der Waals surface area (Å²) in [5, 5.41) is 16.9. The summed E-state index contributed by atoms with van der Waals surface area (Å²) in [6.07, 6.45) is 0.816. The highest BCUT2D eigenvalue weighted by Crippen LogP contribution is 2.41. The zero-order chi connectivity index (χ0) is 23.0. The Morgan fingerprint density at radius 3 is 2.50 bits per heavy atom. The van der Waals surface area contributed by atoms with Crippen molar-refractivity contribution < 1.29 is 14.6 Å². The molecule has 0 aliphatic carbocycles. The third-order valence-corrected chi connectivity index (χ3v) is 5.84. The lowest BCUT2D eigenvalue weighted by Gasteiger charge is -2.28. The highest BCUT2D eigenvalue weighted by Gasteiger charge is 2.31. The molecule has 0 bridgehead atoms. The van der Waals surface area contributed by atoms with Crippen molar-refractivity contribution in [1.82, 2.24) is 5.43 Å². The molecule has 1 aliphatic heterocycles. The van der Waals surface area contributed by atoms with Crippen LogP contribution in [-0.2, 0) is 9.53 Å². The lowest BCUT2D eigenvalue weighted by molar-refractivity contribution is -0.160. The van der Waals surface area contributed by atoms with Crippen molar-refractivity contribution in [2.75, 3.05) is 6.54 Å². The number of aryl methyl sites for hydroxylation is 1. The SMILES string of the molecule is Cc1cc2cc(C3C=NNC3)ccc2c(-c2ccc(Cl)cc2)c1[C@H](OC(C)(C)C)C(=O)O. The van der Waals surface area contributed by atoms with Crippen molar-refractivity contribution in [3.63, 3.8) is 0 Å². The van der Waals surface area contributed by atoms with E-state index in [4.69, 9.17) is 16.3 Å². The Morgan fingerprint density at radius 1 is 1.19 bits per heavy atom. The van der Waals surface area contributed by atoms with Gasteiger partial charge in [0.05, 0.1) is 5.60 Å². The largest absolute Gasteiger partial charge is 0.479 e. The van der Waals surface area contributed by atoms with Crippen molar-refractivity contribution in [3.8, 4) is 11.1 Å². The molecule has 3 aromatic carbocycles. The van der Waals surface area contributed by atoms with Crippen LogP contribution in [0.25, 0.3) is 21.9 Å². The van der Waals surface area contributed by atoms with Gasteiger partial charge in [-0.1, -0.05) is 48.0 Å². The summed E-state index contributed by atoms with van der Waals surface area (Å²) in [6.45, 7) is 8.31. The molecule has 0 spiro atoms. The number of carboxylic acids is 1. The Bertz CT molecular complexity index is 1200. The van der Waals surface area contributed by atoms with Gasteiger partial charge >= 0.3 is 5.97 Å². The number of carbonyl (C=O) groups is 1. The molecule has 1 aliphatic rings. The quantitative estimate of drug-likeness (QED) is 0.494. The number of hydrogen-bond donors (Lipinski definition) is 2.